The Morgan fingerprint density at radius 2 is 1.73 bits per heavy atom. The fraction of sp³-hybridized carbons (Fsp3) is 0.875. The number of hydrogen-bond acceptors (Lipinski definition) is 4. The van der Waals surface area contributed by atoms with Gasteiger partial charge in [-0.1, -0.05) is 13.8 Å². The van der Waals surface area contributed by atoms with Crippen molar-refractivity contribution in [3.05, 3.63) is 0 Å². The first-order valence-electron chi connectivity index (χ1n) is 8.08. The smallest absolute Gasteiger partial charge is 0.410 e. The van der Waals surface area contributed by atoms with Crippen LogP contribution < -0.4 is 0 Å². The predicted molar refractivity (Wildman–Crippen MR) is 88.8 cm³/mol. The Bertz CT molecular complexity index is 437. The molecule has 0 radical (unpaired) electrons. The minimum Gasteiger partial charge on any atom is -0.444 e. The molecule has 5 nitrogen and oxygen atoms in total. The lowest BCUT2D eigenvalue weighted by molar-refractivity contribution is -0.138. The highest BCUT2D eigenvalue weighted by molar-refractivity contribution is 8.00. The first-order chi connectivity index (χ1) is 10.1. The zero-order valence-electron chi connectivity index (χ0n) is 14.3. The third-order valence-electron chi connectivity index (χ3n) is 4.13. The summed E-state index contributed by atoms with van der Waals surface area (Å²) in [6, 6.07) is 0. The largest absolute Gasteiger partial charge is 0.444 e. The van der Waals surface area contributed by atoms with Gasteiger partial charge in [-0.15, -0.1) is 11.8 Å². The van der Waals surface area contributed by atoms with Gasteiger partial charge in [-0.05, 0) is 33.6 Å². The fourth-order valence-electron chi connectivity index (χ4n) is 3.01. The van der Waals surface area contributed by atoms with Crippen LogP contribution in [0.25, 0.3) is 0 Å². The molecule has 0 bridgehead atoms. The Morgan fingerprint density at radius 3 is 2.23 bits per heavy atom. The number of hydrogen-bond donors (Lipinski definition) is 0. The first kappa shape index (κ1) is 17.4. The van der Waals surface area contributed by atoms with Crippen molar-refractivity contribution in [3.63, 3.8) is 0 Å². The molecule has 2 aliphatic heterocycles. The lowest BCUT2D eigenvalue weighted by Gasteiger charge is -2.44. The summed E-state index contributed by atoms with van der Waals surface area (Å²) >= 11 is 1.87. The Balaban J connectivity index is 1.98. The second-order valence-electron chi connectivity index (χ2n) is 7.41. The summed E-state index contributed by atoms with van der Waals surface area (Å²) in [6.07, 6.45) is 1.41. The standard InChI is InChI=1S/C16H28N2O3S/c1-12(2)13(19)18-10-11-22-16(18)6-8-17(9-7-16)14(20)21-15(3,4)5/h12H,6-11H2,1-5H3. The highest BCUT2D eigenvalue weighted by atomic mass is 32.2. The van der Waals surface area contributed by atoms with E-state index >= 15 is 0 Å². The van der Waals surface area contributed by atoms with Crippen LogP contribution in [0.5, 0.6) is 0 Å². The molecule has 0 atom stereocenters. The normalized spacial score (nSPS) is 21.5. The van der Waals surface area contributed by atoms with Gasteiger partial charge in [0, 0.05) is 31.3 Å². The van der Waals surface area contributed by atoms with Crippen LogP contribution in [0.4, 0.5) is 4.79 Å². The average Bonchev–Trinajstić information content (AvgIpc) is 2.79. The number of ether oxygens (including phenoxy) is 1. The Labute approximate surface area is 137 Å². The highest BCUT2D eigenvalue weighted by Crippen LogP contribution is 2.44. The second-order valence-corrected chi connectivity index (χ2v) is 8.86. The van der Waals surface area contributed by atoms with Crippen LogP contribution >= 0.6 is 11.8 Å². The molecule has 2 saturated heterocycles. The maximum atomic E-state index is 12.4. The number of rotatable bonds is 1. The summed E-state index contributed by atoms with van der Waals surface area (Å²) in [4.78, 5) is 28.3. The van der Waals surface area contributed by atoms with Crippen LogP contribution in [0, 0.1) is 5.92 Å². The van der Waals surface area contributed by atoms with Crippen molar-refractivity contribution < 1.29 is 14.3 Å². The minimum absolute atomic E-state index is 0.0273. The van der Waals surface area contributed by atoms with Gasteiger partial charge in [0.25, 0.3) is 0 Å². The van der Waals surface area contributed by atoms with Crippen molar-refractivity contribution in [1.82, 2.24) is 9.80 Å². The van der Waals surface area contributed by atoms with Crippen LogP contribution in [0.15, 0.2) is 0 Å². The summed E-state index contributed by atoms with van der Waals surface area (Å²) in [5.74, 6) is 1.25. The summed E-state index contributed by atoms with van der Waals surface area (Å²) in [5.41, 5.74) is -0.464. The van der Waals surface area contributed by atoms with Gasteiger partial charge in [0.1, 0.15) is 5.60 Å². The molecule has 2 amide bonds. The molecule has 2 aliphatic rings. The summed E-state index contributed by atoms with van der Waals surface area (Å²) < 4.78 is 5.44. The van der Waals surface area contributed by atoms with E-state index in [-0.39, 0.29) is 22.8 Å². The van der Waals surface area contributed by atoms with Gasteiger partial charge in [0.05, 0.1) is 4.87 Å². The second kappa shape index (κ2) is 6.30. The van der Waals surface area contributed by atoms with Crippen molar-refractivity contribution in [2.75, 3.05) is 25.4 Å². The van der Waals surface area contributed by atoms with Crippen molar-refractivity contribution in [3.8, 4) is 0 Å². The number of likely N-dealkylation sites (tertiary alicyclic amines) is 1. The quantitative estimate of drug-likeness (QED) is 0.742. The Kier molecular flexibility index (Phi) is 5.00. The van der Waals surface area contributed by atoms with Crippen molar-refractivity contribution >= 4 is 23.8 Å². The van der Waals surface area contributed by atoms with Crippen LogP contribution in [-0.2, 0) is 9.53 Å². The first-order valence-corrected chi connectivity index (χ1v) is 9.06. The molecule has 2 rings (SSSR count). The van der Waals surface area contributed by atoms with E-state index in [0.717, 1.165) is 25.1 Å². The lowest BCUT2D eigenvalue weighted by Crippen LogP contribution is -2.54. The monoisotopic (exact) mass is 328 g/mol. The number of nitrogens with zero attached hydrogens (tertiary/aromatic N) is 2. The molecule has 0 N–H and O–H groups in total. The highest BCUT2D eigenvalue weighted by Gasteiger charge is 2.47. The van der Waals surface area contributed by atoms with Crippen molar-refractivity contribution in [2.24, 2.45) is 5.92 Å². The van der Waals surface area contributed by atoms with E-state index in [1.807, 2.05) is 46.4 Å². The predicted octanol–water partition coefficient (Wildman–Crippen LogP) is 2.95. The van der Waals surface area contributed by atoms with Crippen LogP contribution in [0.3, 0.4) is 0 Å². The molecule has 0 aliphatic carbocycles. The van der Waals surface area contributed by atoms with E-state index in [1.54, 1.807) is 4.90 Å². The number of thioether (sulfide) groups is 1. The summed E-state index contributed by atoms with van der Waals surface area (Å²) in [6.45, 7) is 11.7. The van der Waals surface area contributed by atoms with Crippen LogP contribution in [0.2, 0.25) is 0 Å². The van der Waals surface area contributed by atoms with Gasteiger partial charge in [0.15, 0.2) is 0 Å². The van der Waals surface area contributed by atoms with Crippen LogP contribution in [0.1, 0.15) is 47.5 Å². The molecular weight excluding hydrogens is 300 g/mol. The van der Waals surface area contributed by atoms with E-state index < -0.39 is 5.60 Å². The number of piperidine rings is 1. The Morgan fingerprint density at radius 1 is 1.14 bits per heavy atom. The molecule has 6 heteroatoms. The molecule has 0 saturated carbocycles. The topological polar surface area (TPSA) is 49.9 Å². The molecule has 0 unspecified atom stereocenters. The number of carbonyl (C=O) groups excluding carboxylic acids is 2. The van der Waals surface area contributed by atoms with Gasteiger partial charge in [-0.3, -0.25) is 4.79 Å². The number of carbonyl (C=O) groups is 2. The van der Waals surface area contributed by atoms with Gasteiger partial charge < -0.3 is 14.5 Å². The van der Waals surface area contributed by atoms with Crippen molar-refractivity contribution in [1.29, 1.82) is 0 Å². The SMILES string of the molecule is CC(C)C(=O)N1CCSC12CCN(C(=O)OC(C)(C)C)CC2. The molecule has 0 aromatic carbocycles. The molecule has 0 aromatic heterocycles. The molecule has 1 spiro atoms. The van der Waals surface area contributed by atoms with E-state index in [4.69, 9.17) is 4.74 Å². The molecular formula is C16H28N2O3S. The molecule has 2 heterocycles. The summed E-state index contributed by atoms with van der Waals surface area (Å²) in [5, 5.41) is 0. The van der Waals surface area contributed by atoms with Crippen LogP contribution in [-0.4, -0.2) is 57.7 Å². The van der Waals surface area contributed by atoms with E-state index in [2.05, 4.69) is 4.90 Å². The lowest BCUT2D eigenvalue weighted by atomic mass is 10.0. The van der Waals surface area contributed by atoms with Gasteiger partial charge >= 0.3 is 6.09 Å². The third kappa shape index (κ3) is 3.70. The Hall–Kier alpha value is -0.910. The minimum atomic E-state index is -0.464. The fourth-order valence-corrected chi connectivity index (χ4v) is 4.47. The van der Waals surface area contributed by atoms with E-state index in [9.17, 15) is 9.59 Å². The number of amides is 2. The van der Waals surface area contributed by atoms with Gasteiger partial charge in [-0.25, -0.2) is 4.79 Å². The maximum absolute atomic E-state index is 12.4. The zero-order valence-corrected chi connectivity index (χ0v) is 15.2. The summed E-state index contributed by atoms with van der Waals surface area (Å²) in [7, 11) is 0. The molecule has 2 fully saturated rings. The van der Waals surface area contributed by atoms with Gasteiger partial charge in [0.2, 0.25) is 5.91 Å². The van der Waals surface area contributed by atoms with Crippen molar-refractivity contribution in [2.45, 2.75) is 57.9 Å². The van der Waals surface area contributed by atoms with E-state index in [1.165, 1.54) is 0 Å². The maximum Gasteiger partial charge on any atom is 0.410 e. The molecule has 0 aromatic rings. The average molecular weight is 328 g/mol. The molecule has 22 heavy (non-hydrogen) atoms. The molecule has 126 valence electrons. The van der Waals surface area contributed by atoms with Gasteiger partial charge in [-0.2, -0.15) is 0 Å². The zero-order chi connectivity index (χ0) is 16.5. The van der Waals surface area contributed by atoms with E-state index in [0.29, 0.717) is 13.1 Å². The third-order valence-corrected chi connectivity index (χ3v) is 5.69.